The van der Waals surface area contributed by atoms with Crippen LogP contribution in [-0.4, -0.2) is 41.4 Å². The Hall–Kier alpha value is -2.59. The molecule has 1 amide bonds. The lowest BCUT2D eigenvalue weighted by atomic mass is 10.1. The largest absolute Gasteiger partial charge is 0.462 e. The number of hydrogen-bond donors (Lipinski definition) is 2. The van der Waals surface area contributed by atoms with Crippen molar-refractivity contribution in [2.75, 3.05) is 25.0 Å². The van der Waals surface area contributed by atoms with Crippen molar-refractivity contribution in [3.8, 4) is 5.69 Å². The first-order chi connectivity index (χ1) is 13.3. The lowest BCUT2D eigenvalue weighted by Gasteiger charge is -2.14. The van der Waals surface area contributed by atoms with Crippen LogP contribution in [0.25, 0.3) is 5.69 Å². The molecule has 0 saturated carbocycles. The van der Waals surface area contributed by atoms with Crippen molar-refractivity contribution < 1.29 is 27.5 Å². The van der Waals surface area contributed by atoms with Crippen LogP contribution in [0.4, 0.5) is 18.9 Å². The van der Waals surface area contributed by atoms with Gasteiger partial charge in [-0.2, -0.15) is 18.3 Å². The van der Waals surface area contributed by atoms with Crippen LogP contribution in [0.1, 0.15) is 29.4 Å². The van der Waals surface area contributed by atoms with E-state index in [1.807, 2.05) is 0 Å². The van der Waals surface area contributed by atoms with Gasteiger partial charge >= 0.3 is 12.1 Å². The summed E-state index contributed by atoms with van der Waals surface area (Å²) in [5, 5.41) is 9.52. The topological polar surface area (TPSA) is 85.2 Å². The van der Waals surface area contributed by atoms with E-state index in [9.17, 15) is 22.8 Å². The number of esters is 1. The average molecular weight is 433 g/mol. The van der Waals surface area contributed by atoms with Gasteiger partial charge in [0.05, 0.1) is 24.4 Å². The highest BCUT2D eigenvalue weighted by Crippen LogP contribution is 2.34. The number of nitrogens with one attached hydrogen (secondary N) is 2. The minimum absolute atomic E-state index is 0. The van der Waals surface area contributed by atoms with Gasteiger partial charge in [0.2, 0.25) is 5.91 Å². The molecule has 1 saturated heterocycles. The van der Waals surface area contributed by atoms with Crippen molar-refractivity contribution in [1.82, 2.24) is 15.1 Å². The highest BCUT2D eigenvalue weighted by atomic mass is 35.5. The number of anilines is 1. The molecule has 3 rings (SSSR count). The molecule has 2 N–H and O–H groups in total. The van der Waals surface area contributed by atoms with Crippen molar-refractivity contribution in [3.63, 3.8) is 0 Å². The number of carbonyl (C=O) groups excluding carboxylic acids is 2. The summed E-state index contributed by atoms with van der Waals surface area (Å²) in [6.07, 6.45) is -3.30. The smallest absolute Gasteiger partial charge is 0.434 e. The summed E-state index contributed by atoms with van der Waals surface area (Å²) in [4.78, 5) is 24.1. The quantitative estimate of drug-likeness (QED) is 0.709. The van der Waals surface area contributed by atoms with E-state index in [2.05, 4.69) is 15.7 Å². The second-order valence-corrected chi connectivity index (χ2v) is 6.27. The molecule has 1 fully saturated rings. The molecular formula is C18H20ClF3N4O3. The second-order valence-electron chi connectivity index (χ2n) is 6.27. The number of alkyl halides is 3. The fourth-order valence-corrected chi connectivity index (χ4v) is 3.01. The maximum absolute atomic E-state index is 13.6. The van der Waals surface area contributed by atoms with Gasteiger partial charge in [-0.3, -0.25) is 4.79 Å². The molecule has 1 atom stereocenters. The molecular weight excluding hydrogens is 413 g/mol. The molecule has 1 aliphatic rings. The van der Waals surface area contributed by atoms with Crippen molar-refractivity contribution in [2.24, 2.45) is 5.92 Å². The van der Waals surface area contributed by atoms with Gasteiger partial charge in [0.1, 0.15) is 5.56 Å². The number of hydrogen-bond acceptors (Lipinski definition) is 5. The Morgan fingerprint density at radius 3 is 2.76 bits per heavy atom. The predicted molar refractivity (Wildman–Crippen MR) is 101 cm³/mol. The number of ether oxygens (including phenoxy) is 1. The van der Waals surface area contributed by atoms with Crippen LogP contribution in [0.2, 0.25) is 0 Å². The number of benzene rings is 1. The first-order valence-corrected chi connectivity index (χ1v) is 8.75. The first-order valence-electron chi connectivity index (χ1n) is 8.75. The molecule has 0 bridgehead atoms. The van der Waals surface area contributed by atoms with Crippen LogP contribution in [0, 0.1) is 5.92 Å². The van der Waals surface area contributed by atoms with Gasteiger partial charge in [0.25, 0.3) is 0 Å². The molecule has 2 aromatic rings. The standard InChI is InChI=1S/C18H19F3N4O3.ClH/c1-2-28-17(27)14-10-23-25(15(14)18(19,20)21)13-5-3-4-12(8-13)24-16(26)11-6-7-22-9-11;/h3-5,8,10-11,22H,2,6-7,9H2,1H3,(H,24,26);1H. The average Bonchev–Trinajstić information content (AvgIpc) is 3.31. The number of halogens is 4. The van der Waals surface area contributed by atoms with Crippen LogP contribution < -0.4 is 10.6 Å². The molecule has 1 aromatic heterocycles. The number of nitrogens with zero attached hydrogens (tertiary/aromatic N) is 2. The predicted octanol–water partition coefficient (Wildman–Crippen LogP) is 3.04. The molecule has 2 heterocycles. The van der Waals surface area contributed by atoms with Gasteiger partial charge in [-0.15, -0.1) is 12.4 Å². The Morgan fingerprint density at radius 2 is 2.14 bits per heavy atom. The minimum Gasteiger partial charge on any atom is -0.462 e. The van der Waals surface area contributed by atoms with Gasteiger partial charge in [-0.05, 0) is 38.1 Å². The summed E-state index contributed by atoms with van der Waals surface area (Å²) < 4.78 is 46.1. The van der Waals surface area contributed by atoms with E-state index in [1.165, 1.54) is 25.1 Å². The number of aromatic nitrogens is 2. The van der Waals surface area contributed by atoms with E-state index in [4.69, 9.17) is 4.74 Å². The molecule has 7 nitrogen and oxygen atoms in total. The Labute approximate surface area is 171 Å². The Kier molecular flexibility index (Phi) is 7.26. The van der Waals surface area contributed by atoms with E-state index >= 15 is 0 Å². The van der Waals surface area contributed by atoms with Crippen LogP contribution in [0.15, 0.2) is 30.5 Å². The Balaban J connectivity index is 0.00000300. The lowest BCUT2D eigenvalue weighted by molar-refractivity contribution is -0.143. The van der Waals surface area contributed by atoms with Crippen molar-refractivity contribution in [1.29, 1.82) is 0 Å². The molecule has 158 valence electrons. The van der Waals surface area contributed by atoms with Crippen LogP contribution in [0.3, 0.4) is 0 Å². The highest BCUT2D eigenvalue weighted by Gasteiger charge is 2.41. The van der Waals surface area contributed by atoms with E-state index in [1.54, 1.807) is 6.07 Å². The molecule has 1 aliphatic heterocycles. The van der Waals surface area contributed by atoms with Gasteiger partial charge in [-0.1, -0.05) is 6.07 Å². The van der Waals surface area contributed by atoms with Crippen LogP contribution in [-0.2, 0) is 15.7 Å². The minimum atomic E-state index is -4.83. The van der Waals surface area contributed by atoms with E-state index < -0.39 is 23.4 Å². The lowest BCUT2D eigenvalue weighted by Crippen LogP contribution is -2.24. The zero-order valence-electron chi connectivity index (χ0n) is 15.5. The third-order valence-corrected chi connectivity index (χ3v) is 4.32. The first kappa shape index (κ1) is 22.7. The van der Waals surface area contributed by atoms with Gasteiger partial charge in [0.15, 0.2) is 5.69 Å². The van der Waals surface area contributed by atoms with Crippen molar-refractivity contribution >= 4 is 30.0 Å². The highest BCUT2D eigenvalue weighted by molar-refractivity contribution is 5.93. The monoisotopic (exact) mass is 432 g/mol. The summed E-state index contributed by atoms with van der Waals surface area (Å²) in [6, 6.07) is 5.86. The maximum atomic E-state index is 13.6. The summed E-state index contributed by atoms with van der Waals surface area (Å²) in [5.41, 5.74) is -1.49. The maximum Gasteiger partial charge on any atom is 0.434 e. The zero-order valence-corrected chi connectivity index (χ0v) is 16.3. The molecule has 0 radical (unpaired) electrons. The Bertz CT molecular complexity index is 879. The van der Waals surface area contributed by atoms with Crippen molar-refractivity contribution in [3.05, 3.63) is 41.7 Å². The van der Waals surface area contributed by atoms with Crippen molar-refractivity contribution in [2.45, 2.75) is 19.5 Å². The normalized spacial score (nSPS) is 16.2. The summed E-state index contributed by atoms with van der Waals surface area (Å²) in [5.74, 6) is -1.49. The van der Waals surface area contributed by atoms with E-state index in [0.717, 1.165) is 12.7 Å². The molecule has 29 heavy (non-hydrogen) atoms. The number of rotatable bonds is 5. The zero-order chi connectivity index (χ0) is 20.3. The molecule has 11 heteroatoms. The van der Waals surface area contributed by atoms with Gasteiger partial charge in [-0.25, -0.2) is 9.48 Å². The number of amides is 1. The SMILES string of the molecule is CCOC(=O)c1cnn(-c2cccc(NC(=O)C3CCNC3)c2)c1C(F)(F)F.Cl. The third-order valence-electron chi connectivity index (χ3n) is 4.32. The molecule has 1 unspecified atom stereocenters. The molecule has 0 spiro atoms. The summed E-state index contributed by atoms with van der Waals surface area (Å²) in [7, 11) is 0. The third kappa shape index (κ3) is 5.07. The van der Waals surface area contributed by atoms with Crippen LogP contribution >= 0.6 is 12.4 Å². The molecule has 1 aromatic carbocycles. The summed E-state index contributed by atoms with van der Waals surface area (Å²) >= 11 is 0. The van der Waals surface area contributed by atoms with Gasteiger partial charge in [0, 0.05) is 12.2 Å². The number of carbonyl (C=O) groups is 2. The fraction of sp³-hybridized carbons (Fsp3) is 0.389. The molecule has 0 aliphatic carbocycles. The summed E-state index contributed by atoms with van der Waals surface area (Å²) in [6.45, 7) is 2.75. The van der Waals surface area contributed by atoms with E-state index in [0.29, 0.717) is 23.3 Å². The van der Waals surface area contributed by atoms with E-state index in [-0.39, 0.29) is 36.5 Å². The van der Waals surface area contributed by atoms with Gasteiger partial charge < -0.3 is 15.4 Å². The fourth-order valence-electron chi connectivity index (χ4n) is 3.01. The Morgan fingerprint density at radius 1 is 1.38 bits per heavy atom. The van der Waals surface area contributed by atoms with Crippen LogP contribution in [0.5, 0.6) is 0 Å². The second kappa shape index (κ2) is 9.27.